The Balaban J connectivity index is 1.76. The molecular formula is C14H22BNO3. The minimum atomic E-state index is -1.37. The van der Waals surface area contributed by atoms with Gasteiger partial charge in [0.1, 0.15) is 0 Å². The van der Waals surface area contributed by atoms with Crippen LogP contribution in [0, 0.1) is 0 Å². The normalized spacial score (nSPS) is 17.6. The van der Waals surface area contributed by atoms with Crippen LogP contribution >= 0.6 is 0 Å². The Kier molecular flexibility index (Phi) is 5.40. The van der Waals surface area contributed by atoms with Crippen LogP contribution in [0.2, 0.25) is 0 Å². The topological polar surface area (TPSA) is 52.9 Å². The first kappa shape index (κ1) is 14.5. The highest BCUT2D eigenvalue weighted by molar-refractivity contribution is 6.58. The van der Waals surface area contributed by atoms with Gasteiger partial charge in [-0.15, -0.1) is 0 Å². The Hall–Kier alpha value is -0.875. The number of ether oxygens (including phenoxy) is 1. The van der Waals surface area contributed by atoms with Crippen LogP contribution in [0.25, 0.3) is 0 Å². The van der Waals surface area contributed by atoms with Crippen molar-refractivity contribution in [1.82, 2.24) is 4.90 Å². The second kappa shape index (κ2) is 7.05. The number of hydrogen-bond acceptors (Lipinski definition) is 4. The average Bonchev–Trinajstić information content (AvgIpc) is 2.46. The lowest BCUT2D eigenvalue weighted by molar-refractivity contribution is 0.0415. The average molecular weight is 263 g/mol. The van der Waals surface area contributed by atoms with Gasteiger partial charge in [-0.05, 0) is 30.3 Å². The van der Waals surface area contributed by atoms with Crippen molar-refractivity contribution in [3.05, 3.63) is 29.8 Å². The van der Waals surface area contributed by atoms with E-state index in [1.807, 2.05) is 12.1 Å². The molecular weight excluding hydrogens is 241 g/mol. The molecule has 0 amide bonds. The van der Waals surface area contributed by atoms with E-state index in [4.69, 9.17) is 14.8 Å². The van der Waals surface area contributed by atoms with Gasteiger partial charge in [0.15, 0.2) is 0 Å². The number of hydrogen-bond donors (Lipinski definition) is 2. The number of benzene rings is 1. The quantitative estimate of drug-likeness (QED) is 0.735. The van der Waals surface area contributed by atoms with E-state index in [1.54, 1.807) is 19.2 Å². The van der Waals surface area contributed by atoms with Crippen molar-refractivity contribution >= 4 is 12.6 Å². The lowest BCUT2D eigenvalue weighted by Crippen LogP contribution is -2.37. The van der Waals surface area contributed by atoms with E-state index in [0.717, 1.165) is 38.9 Å². The molecule has 1 fully saturated rings. The summed E-state index contributed by atoms with van der Waals surface area (Å²) in [5.41, 5.74) is 1.78. The van der Waals surface area contributed by atoms with E-state index in [1.165, 1.54) is 5.56 Å². The van der Waals surface area contributed by atoms with Crippen molar-refractivity contribution in [2.45, 2.75) is 25.4 Å². The molecule has 2 N–H and O–H groups in total. The first-order valence-corrected chi connectivity index (χ1v) is 6.89. The first-order valence-electron chi connectivity index (χ1n) is 6.89. The van der Waals surface area contributed by atoms with Crippen molar-refractivity contribution in [1.29, 1.82) is 0 Å². The predicted octanol–water partition coefficient (Wildman–Crippen LogP) is 0.0197. The minimum Gasteiger partial charge on any atom is -0.423 e. The molecule has 1 aromatic carbocycles. The van der Waals surface area contributed by atoms with Crippen molar-refractivity contribution in [2.24, 2.45) is 0 Å². The molecule has 0 bridgehead atoms. The van der Waals surface area contributed by atoms with Gasteiger partial charge >= 0.3 is 7.12 Å². The molecule has 5 heteroatoms. The van der Waals surface area contributed by atoms with Gasteiger partial charge in [-0.2, -0.15) is 0 Å². The molecule has 0 aromatic heterocycles. The van der Waals surface area contributed by atoms with Gasteiger partial charge in [0.25, 0.3) is 0 Å². The summed E-state index contributed by atoms with van der Waals surface area (Å²) in [7, 11) is 0.416. The Morgan fingerprint density at radius 3 is 2.37 bits per heavy atom. The lowest BCUT2D eigenvalue weighted by Gasteiger charge is -2.31. The third-order valence-corrected chi connectivity index (χ3v) is 3.86. The van der Waals surface area contributed by atoms with Crippen LogP contribution in [0.3, 0.4) is 0 Å². The molecule has 104 valence electrons. The summed E-state index contributed by atoms with van der Waals surface area (Å²) in [6.45, 7) is 3.26. The number of nitrogens with zero attached hydrogens (tertiary/aromatic N) is 1. The molecule has 0 unspecified atom stereocenters. The number of methoxy groups -OCH3 is 1. The van der Waals surface area contributed by atoms with Crippen LogP contribution in [0.4, 0.5) is 0 Å². The van der Waals surface area contributed by atoms with Gasteiger partial charge in [-0.3, -0.25) is 0 Å². The molecule has 1 aliphatic rings. The van der Waals surface area contributed by atoms with Gasteiger partial charge in [0.05, 0.1) is 6.10 Å². The van der Waals surface area contributed by atoms with Crippen molar-refractivity contribution in [2.75, 3.05) is 26.7 Å². The SMILES string of the molecule is COC1CCN(CCc2ccc(B(O)O)cc2)CC1. The predicted molar refractivity (Wildman–Crippen MR) is 76.4 cm³/mol. The minimum absolute atomic E-state index is 0.432. The van der Waals surface area contributed by atoms with Crippen molar-refractivity contribution < 1.29 is 14.8 Å². The zero-order valence-corrected chi connectivity index (χ0v) is 11.5. The summed E-state index contributed by atoms with van der Waals surface area (Å²) >= 11 is 0. The Morgan fingerprint density at radius 2 is 1.84 bits per heavy atom. The van der Waals surface area contributed by atoms with E-state index in [2.05, 4.69) is 4.90 Å². The number of likely N-dealkylation sites (tertiary alicyclic amines) is 1. The second-order valence-electron chi connectivity index (χ2n) is 5.14. The largest absolute Gasteiger partial charge is 0.488 e. The lowest BCUT2D eigenvalue weighted by atomic mass is 9.80. The van der Waals surface area contributed by atoms with Crippen molar-refractivity contribution in [3.63, 3.8) is 0 Å². The fourth-order valence-electron chi connectivity index (χ4n) is 2.51. The van der Waals surface area contributed by atoms with Gasteiger partial charge < -0.3 is 19.7 Å². The Labute approximate surface area is 115 Å². The van der Waals surface area contributed by atoms with E-state index in [9.17, 15) is 0 Å². The van der Waals surface area contributed by atoms with Crippen LogP contribution in [0.1, 0.15) is 18.4 Å². The summed E-state index contributed by atoms with van der Waals surface area (Å²) < 4.78 is 5.36. The highest BCUT2D eigenvalue weighted by Gasteiger charge is 2.18. The fraction of sp³-hybridized carbons (Fsp3) is 0.571. The Morgan fingerprint density at radius 1 is 1.21 bits per heavy atom. The maximum atomic E-state index is 9.03. The van der Waals surface area contributed by atoms with Gasteiger partial charge in [-0.25, -0.2) is 0 Å². The van der Waals surface area contributed by atoms with Crippen LogP contribution in [-0.4, -0.2) is 54.9 Å². The highest BCUT2D eigenvalue weighted by atomic mass is 16.5. The first-order chi connectivity index (χ1) is 9.19. The molecule has 0 spiro atoms. The molecule has 0 atom stereocenters. The van der Waals surface area contributed by atoms with Crippen molar-refractivity contribution in [3.8, 4) is 0 Å². The molecule has 0 saturated carbocycles. The number of piperidine rings is 1. The highest BCUT2D eigenvalue weighted by Crippen LogP contribution is 2.13. The van der Waals surface area contributed by atoms with E-state index in [0.29, 0.717) is 11.6 Å². The van der Waals surface area contributed by atoms with Crippen LogP contribution < -0.4 is 5.46 Å². The molecule has 0 aliphatic carbocycles. The summed E-state index contributed by atoms with van der Waals surface area (Å²) in [6.07, 6.45) is 3.67. The van der Waals surface area contributed by atoms with Crippen LogP contribution in [0.5, 0.6) is 0 Å². The number of rotatable bonds is 5. The molecule has 2 rings (SSSR count). The molecule has 4 nitrogen and oxygen atoms in total. The molecule has 1 aromatic rings. The van der Waals surface area contributed by atoms with Gasteiger partial charge in [0.2, 0.25) is 0 Å². The van der Waals surface area contributed by atoms with Gasteiger partial charge in [-0.1, -0.05) is 24.3 Å². The third-order valence-electron chi connectivity index (χ3n) is 3.86. The second-order valence-corrected chi connectivity index (χ2v) is 5.14. The third kappa shape index (κ3) is 4.32. The van der Waals surface area contributed by atoms with E-state index >= 15 is 0 Å². The van der Waals surface area contributed by atoms with E-state index in [-0.39, 0.29) is 0 Å². The summed E-state index contributed by atoms with van der Waals surface area (Å²) in [6, 6.07) is 7.49. The summed E-state index contributed by atoms with van der Waals surface area (Å²) in [4.78, 5) is 2.46. The monoisotopic (exact) mass is 263 g/mol. The molecule has 0 radical (unpaired) electrons. The smallest absolute Gasteiger partial charge is 0.423 e. The molecule has 1 aliphatic heterocycles. The fourth-order valence-corrected chi connectivity index (χ4v) is 2.51. The molecule has 1 heterocycles. The molecule has 1 saturated heterocycles. The zero-order valence-electron chi connectivity index (χ0n) is 11.5. The maximum Gasteiger partial charge on any atom is 0.488 e. The summed E-state index contributed by atoms with van der Waals surface area (Å²) in [5.74, 6) is 0. The summed E-state index contributed by atoms with van der Waals surface area (Å²) in [5, 5.41) is 18.1. The van der Waals surface area contributed by atoms with E-state index < -0.39 is 7.12 Å². The Bertz CT molecular complexity index is 375. The molecule has 19 heavy (non-hydrogen) atoms. The zero-order chi connectivity index (χ0) is 13.7. The maximum absolute atomic E-state index is 9.03. The van der Waals surface area contributed by atoms with Crippen LogP contribution in [0.15, 0.2) is 24.3 Å². The van der Waals surface area contributed by atoms with Gasteiger partial charge in [0, 0.05) is 26.7 Å². The standard InChI is InChI=1S/C14H22BNO3/c1-19-14-7-10-16(11-8-14)9-6-12-2-4-13(5-3-12)15(17)18/h2-5,14,17-18H,6-11H2,1H3. The van der Waals surface area contributed by atoms with Crippen LogP contribution in [-0.2, 0) is 11.2 Å².